The normalized spacial score (nSPS) is 22.4. The number of hydrogen-bond donors (Lipinski definition) is 1. The molecule has 1 atom stereocenters. The Bertz CT molecular complexity index is 472. The van der Waals surface area contributed by atoms with Crippen molar-refractivity contribution in [2.24, 2.45) is 10.9 Å². The van der Waals surface area contributed by atoms with Crippen LogP contribution in [0.3, 0.4) is 0 Å². The highest BCUT2D eigenvalue weighted by Crippen LogP contribution is 2.29. The van der Waals surface area contributed by atoms with Gasteiger partial charge in [0.15, 0.2) is 5.96 Å². The van der Waals surface area contributed by atoms with Crippen LogP contribution >= 0.6 is 0 Å². The zero-order chi connectivity index (χ0) is 14.5. The highest BCUT2D eigenvalue weighted by atomic mass is 16.5. The first-order valence-corrected chi connectivity index (χ1v) is 7.96. The second kappa shape index (κ2) is 6.78. The molecule has 1 unspecified atom stereocenters. The molecule has 1 aromatic rings. The van der Waals surface area contributed by atoms with Crippen LogP contribution in [0.2, 0.25) is 0 Å². The summed E-state index contributed by atoms with van der Waals surface area (Å²) in [5.41, 5.74) is 0. The summed E-state index contributed by atoms with van der Waals surface area (Å²) in [7, 11) is 0. The maximum atomic E-state index is 5.94. The molecule has 1 N–H and O–H groups in total. The fourth-order valence-corrected chi connectivity index (χ4v) is 2.55. The van der Waals surface area contributed by atoms with Gasteiger partial charge < -0.3 is 15.0 Å². The Morgan fingerprint density at radius 3 is 3.05 bits per heavy atom. The van der Waals surface area contributed by atoms with Gasteiger partial charge in [-0.3, -0.25) is 4.99 Å². The van der Waals surface area contributed by atoms with E-state index in [2.05, 4.69) is 22.1 Å². The van der Waals surface area contributed by atoms with Gasteiger partial charge in [0.05, 0.1) is 6.54 Å². The molecular weight excluding hydrogens is 264 g/mol. The number of nitrogens with zero attached hydrogens (tertiary/aromatic N) is 3. The van der Waals surface area contributed by atoms with Gasteiger partial charge in [-0.05, 0) is 31.7 Å². The average molecular weight is 288 g/mol. The van der Waals surface area contributed by atoms with E-state index in [0.717, 1.165) is 44.5 Å². The van der Waals surface area contributed by atoms with Crippen molar-refractivity contribution in [1.82, 2.24) is 15.2 Å². The molecule has 0 aromatic carbocycles. The van der Waals surface area contributed by atoms with Gasteiger partial charge in [-0.1, -0.05) is 6.07 Å². The van der Waals surface area contributed by atoms with Gasteiger partial charge in [0, 0.05) is 38.3 Å². The maximum absolute atomic E-state index is 5.94. The van der Waals surface area contributed by atoms with Gasteiger partial charge in [0.2, 0.25) is 5.88 Å². The number of nitrogens with one attached hydrogen (secondary N) is 1. The number of pyridine rings is 1. The lowest BCUT2D eigenvalue weighted by Crippen LogP contribution is -2.41. The molecule has 5 nitrogen and oxygen atoms in total. The third-order valence-corrected chi connectivity index (χ3v) is 3.90. The molecule has 0 spiro atoms. The fourth-order valence-electron chi connectivity index (χ4n) is 2.55. The molecule has 2 fully saturated rings. The molecule has 2 heterocycles. The number of aliphatic imine (C=N–C) groups is 1. The van der Waals surface area contributed by atoms with Crippen molar-refractivity contribution >= 4 is 5.96 Å². The van der Waals surface area contributed by atoms with Crippen molar-refractivity contribution < 1.29 is 4.74 Å². The van der Waals surface area contributed by atoms with Crippen LogP contribution in [0.25, 0.3) is 0 Å². The topological polar surface area (TPSA) is 49.8 Å². The lowest BCUT2D eigenvalue weighted by atomic mass is 10.3. The van der Waals surface area contributed by atoms with Gasteiger partial charge in [-0.15, -0.1) is 0 Å². The molecule has 5 heteroatoms. The van der Waals surface area contributed by atoms with Crippen molar-refractivity contribution in [3.63, 3.8) is 0 Å². The highest BCUT2D eigenvalue weighted by molar-refractivity contribution is 5.80. The van der Waals surface area contributed by atoms with Crippen molar-refractivity contribution in [1.29, 1.82) is 0 Å². The summed E-state index contributed by atoms with van der Waals surface area (Å²) in [5, 5.41) is 3.40. The second-order valence-electron chi connectivity index (χ2n) is 5.78. The van der Waals surface area contributed by atoms with Crippen molar-refractivity contribution in [3.8, 4) is 5.88 Å². The zero-order valence-electron chi connectivity index (χ0n) is 12.7. The van der Waals surface area contributed by atoms with Gasteiger partial charge in [-0.25, -0.2) is 4.98 Å². The first-order chi connectivity index (χ1) is 10.3. The van der Waals surface area contributed by atoms with Crippen LogP contribution < -0.4 is 10.1 Å². The minimum Gasteiger partial charge on any atom is -0.472 e. The van der Waals surface area contributed by atoms with Gasteiger partial charge >= 0.3 is 0 Å². The molecule has 1 aromatic heterocycles. The highest BCUT2D eigenvalue weighted by Gasteiger charge is 2.27. The number of hydrogen-bond acceptors (Lipinski definition) is 3. The Balaban J connectivity index is 1.55. The Morgan fingerprint density at radius 1 is 1.43 bits per heavy atom. The summed E-state index contributed by atoms with van der Waals surface area (Å²) < 4.78 is 5.94. The first kappa shape index (κ1) is 14.2. The second-order valence-corrected chi connectivity index (χ2v) is 5.78. The number of rotatable bonds is 5. The van der Waals surface area contributed by atoms with Gasteiger partial charge in [0.25, 0.3) is 0 Å². The zero-order valence-corrected chi connectivity index (χ0v) is 12.7. The number of ether oxygens (including phenoxy) is 1. The minimum atomic E-state index is 0.199. The Morgan fingerprint density at radius 2 is 2.33 bits per heavy atom. The molecule has 1 aliphatic carbocycles. The van der Waals surface area contributed by atoms with E-state index in [1.54, 1.807) is 6.20 Å². The Kier molecular flexibility index (Phi) is 4.58. The molecule has 0 radical (unpaired) electrons. The number of likely N-dealkylation sites (tertiary alicyclic amines) is 1. The van der Waals surface area contributed by atoms with Gasteiger partial charge in [0.1, 0.15) is 6.10 Å². The summed E-state index contributed by atoms with van der Waals surface area (Å²) in [4.78, 5) is 11.3. The van der Waals surface area contributed by atoms with Crippen LogP contribution in [-0.4, -0.2) is 48.1 Å². The molecule has 1 saturated heterocycles. The quantitative estimate of drug-likeness (QED) is 0.664. The predicted octanol–water partition coefficient (Wildman–Crippen LogP) is 1.91. The molecule has 21 heavy (non-hydrogen) atoms. The summed E-state index contributed by atoms with van der Waals surface area (Å²) in [6.07, 6.45) is 5.67. The van der Waals surface area contributed by atoms with Crippen LogP contribution in [0.5, 0.6) is 5.88 Å². The molecule has 1 saturated carbocycles. The van der Waals surface area contributed by atoms with E-state index in [9.17, 15) is 0 Å². The standard InChI is InChI=1S/C16H24N4O/c1-2-17-16(19-11-13-6-7-13)20-10-8-14(12-20)21-15-5-3-4-9-18-15/h3-5,9,13-14H,2,6-8,10-12H2,1H3,(H,17,19). The van der Waals surface area contributed by atoms with Gasteiger partial charge in [-0.2, -0.15) is 0 Å². The summed E-state index contributed by atoms with van der Waals surface area (Å²) in [5.74, 6) is 2.57. The van der Waals surface area contributed by atoms with E-state index >= 15 is 0 Å². The Hall–Kier alpha value is -1.78. The van der Waals surface area contributed by atoms with Crippen LogP contribution in [0.1, 0.15) is 26.2 Å². The van der Waals surface area contributed by atoms with Crippen molar-refractivity contribution in [2.75, 3.05) is 26.2 Å². The van der Waals surface area contributed by atoms with E-state index < -0.39 is 0 Å². The summed E-state index contributed by atoms with van der Waals surface area (Å²) in [6.45, 7) is 5.86. The smallest absolute Gasteiger partial charge is 0.213 e. The third-order valence-electron chi connectivity index (χ3n) is 3.90. The monoisotopic (exact) mass is 288 g/mol. The largest absolute Gasteiger partial charge is 0.472 e. The van der Waals surface area contributed by atoms with Crippen LogP contribution in [-0.2, 0) is 0 Å². The Labute approximate surface area is 126 Å². The van der Waals surface area contributed by atoms with E-state index in [4.69, 9.17) is 9.73 Å². The van der Waals surface area contributed by atoms with E-state index in [1.807, 2.05) is 18.2 Å². The first-order valence-electron chi connectivity index (χ1n) is 7.96. The SMILES string of the molecule is CCNC(=NCC1CC1)N1CCC(Oc2ccccn2)C1. The molecule has 0 bridgehead atoms. The van der Waals surface area contributed by atoms with E-state index in [0.29, 0.717) is 5.88 Å². The summed E-state index contributed by atoms with van der Waals surface area (Å²) in [6, 6.07) is 5.77. The van der Waals surface area contributed by atoms with Crippen LogP contribution in [0.15, 0.2) is 29.4 Å². The minimum absolute atomic E-state index is 0.199. The number of guanidine groups is 1. The van der Waals surface area contributed by atoms with Crippen molar-refractivity contribution in [3.05, 3.63) is 24.4 Å². The predicted molar refractivity (Wildman–Crippen MR) is 83.5 cm³/mol. The van der Waals surface area contributed by atoms with E-state index in [-0.39, 0.29) is 6.10 Å². The molecule has 114 valence electrons. The molecule has 3 rings (SSSR count). The third kappa shape index (κ3) is 4.09. The molecular formula is C16H24N4O. The number of aromatic nitrogens is 1. The van der Waals surface area contributed by atoms with Crippen molar-refractivity contribution in [2.45, 2.75) is 32.3 Å². The fraction of sp³-hybridized carbons (Fsp3) is 0.625. The summed E-state index contributed by atoms with van der Waals surface area (Å²) >= 11 is 0. The molecule has 0 amide bonds. The van der Waals surface area contributed by atoms with Crippen LogP contribution in [0, 0.1) is 5.92 Å². The molecule has 1 aliphatic heterocycles. The molecule has 2 aliphatic rings. The lowest BCUT2D eigenvalue weighted by Gasteiger charge is -2.21. The lowest BCUT2D eigenvalue weighted by molar-refractivity contribution is 0.205. The van der Waals surface area contributed by atoms with E-state index in [1.165, 1.54) is 12.8 Å². The van der Waals surface area contributed by atoms with Crippen LogP contribution in [0.4, 0.5) is 0 Å². The average Bonchev–Trinajstić information content (AvgIpc) is 3.23. The maximum Gasteiger partial charge on any atom is 0.213 e.